The van der Waals surface area contributed by atoms with Crippen LogP contribution in [0.15, 0.2) is 0 Å². The van der Waals surface area contributed by atoms with Gasteiger partial charge in [0.2, 0.25) is 11.9 Å². The van der Waals surface area contributed by atoms with Gasteiger partial charge < -0.3 is 14.7 Å². The van der Waals surface area contributed by atoms with Crippen molar-refractivity contribution in [2.45, 2.75) is 265 Å². The van der Waals surface area contributed by atoms with Crippen LogP contribution in [0.2, 0.25) is 0 Å². The minimum atomic E-state index is -0.124. The Kier molecular flexibility index (Phi) is 18.0. The van der Waals surface area contributed by atoms with Crippen LogP contribution in [-0.2, 0) is 4.84 Å². The third-order valence-electron chi connectivity index (χ3n) is 14.9. The van der Waals surface area contributed by atoms with E-state index >= 15 is 0 Å². The summed E-state index contributed by atoms with van der Waals surface area (Å²) in [6.45, 7) is 46.6. The van der Waals surface area contributed by atoms with Gasteiger partial charge >= 0.3 is 0 Å². The number of piperidine rings is 3. The molecule has 4 heterocycles. The smallest absolute Gasteiger partial charge is 0.230 e. The van der Waals surface area contributed by atoms with Gasteiger partial charge in [0.05, 0.1) is 6.61 Å². The summed E-state index contributed by atoms with van der Waals surface area (Å²) in [5.41, 5.74) is 0.352. The summed E-state index contributed by atoms with van der Waals surface area (Å²) < 4.78 is 0. The van der Waals surface area contributed by atoms with Gasteiger partial charge in [-0.3, -0.25) is 14.6 Å². The molecule has 0 radical (unpaired) electrons. The van der Waals surface area contributed by atoms with Crippen molar-refractivity contribution in [2.75, 3.05) is 56.2 Å². The van der Waals surface area contributed by atoms with Crippen LogP contribution >= 0.6 is 0 Å². The van der Waals surface area contributed by atoms with E-state index in [0.29, 0.717) is 18.1 Å². The van der Waals surface area contributed by atoms with E-state index in [1.807, 2.05) is 0 Å². The lowest BCUT2D eigenvalue weighted by Crippen LogP contribution is -2.64. The topological polar surface area (TPSA) is 67.3 Å². The Morgan fingerprint density at radius 1 is 0.492 bits per heavy atom. The van der Waals surface area contributed by atoms with Gasteiger partial charge in [-0.2, -0.15) is 20.0 Å². The standard InChI is InChI=1S/C51H99N9O/c1-19-23-31-56(43-38-50(14,15)60(61-33-22-4)51(16,17)39-43)44-52-40(5)53-45(54-44)57(42-36-48(10,11)59(29-21-3)49(12,13)37-42)32-27-25-24-26-30-55(18)41-34-46(6,7)58(28-20-2)47(8,9)35-41/h41-43H,19-39H2,1-18H3. The Morgan fingerprint density at radius 3 is 1.30 bits per heavy atom. The highest BCUT2D eigenvalue weighted by Crippen LogP contribution is 2.44. The molecule has 0 aliphatic carbocycles. The lowest BCUT2D eigenvalue weighted by atomic mass is 9.76. The van der Waals surface area contributed by atoms with Crippen LogP contribution in [0, 0.1) is 6.92 Å². The van der Waals surface area contributed by atoms with Gasteiger partial charge in [-0.1, -0.05) is 47.0 Å². The van der Waals surface area contributed by atoms with Crippen molar-refractivity contribution in [3.8, 4) is 0 Å². The molecule has 3 aliphatic heterocycles. The van der Waals surface area contributed by atoms with Gasteiger partial charge in [0.15, 0.2) is 0 Å². The molecular weight excluding hydrogens is 755 g/mol. The third-order valence-corrected chi connectivity index (χ3v) is 14.9. The minimum Gasteiger partial charge on any atom is -0.338 e. The average Bonchev–Trinajstić information content (AvgIpc) is 3.12. The van der Waals surface area contributed by atoms with Crippen molar-refractivity contribution in [1.82, 2.24) is 34.7 Å². The minimum absolute atomic E-state index is 0.0735. The summed E-state index contributed by atoms with van der Waals surface area (Å²) in [7, 11) is 2.39. The Labute approximate surface area is 377 Å². The lowest BCUT2D eigenvalue weighted by Gasteiger charge is -2.57. The number of aromatic nitrogens is 3. The summed E-state index contributed by atoms with van der Waals surface area (Å²) in [4.78, 5) is 35.8. The summed E-state index contributed by atoms with van der Waals surface area (Å²) in [5, 5.41) is 2.30. The zero-order valence-corrected chi connectivity index (χ0v) is 43.5. The molecule has 10 nitrogen and oxygen atoms in total. The second-order valence-corrected chi connectivity index (χ2v) is 23.6. The van der Waals surface area contributed by atoms with E-state index in [-0.39, 0.29) is 33.2 Å². The van der Waals surface area contributed by atoms with Gasteiger partial charge in [-0.25, -0.2) is 0 Å². The number of unbranched alkanes of at least 4 members (excludes halogenated alkanes) is 4. The third kappa shape index (κ3) is 13.0. The maximum atomic E-state index is 6.46. The van der Waals surface area contributed by atoms with Crippen LogP contribution in [0.1, 0.15) is 213 Å². The molecule has 0 unspecified atom stereocenters. The molecule has 1 aromatic rings. The fourth-order valence-electron chi connectivity index (χ4n) is 12.8. The largest absolute Gasteiger partial charge is 0.338 e. The van der Waals surface area contributed by atoms with Crippen molar-refractivity contribution < 1.29 is 4.84 Å². The molecule has 0 aromatic carbocycles. The molecule has 1 aromatic heterocycles. The van der Waals surface area contributed by atoms with Gasteiger partial charge in [-0.15, -0.1) is 0 Å². The molecule has 354 valence electrons. The van der Waals surface area contributed by atoms with Crippen molar-refractivity contribution in [3.05, 3.63) is 5.82 Å². The van der Waals surface area contributed by atoms with E-state index in [2.05, 4.69) is 154 Å². The zero-order chi connectivity index (χ0) is 45.6. The lowest BCUT2D eigenvalue weighted by molar-refractivity contribution is -0.282. The number of rotatable bonds is 22. The molecule has 10 heteroatoms. The fourth-order valence-corrected chi connectivity index (χ4v) is 12.8. The van der Waals surface area contributed by atoms with E-state index < -0.39 is 0 Å². The Hall–Kier alpha value is -1.59. The first kappa shape index (κ1) is 52.0. The van der Waals surface area contributed by atoms with Crippen molar-refractivity contribution in [2.24, 2.45) is 0 Å². The van der Waals surface area contributed by atoms with Gasteiger partial charge in [0.25, 0.3) is 0 Å². The molecular formula is C51H99N9O. The molecule has 61 heavy (non-hydrogen) atoms. The highest BCUT2D eigenvalue weighted by atomic mass is 16.7. The first-order valence-corrected chi connectivity index (χ1v) is 25.3. The summed E-state index contributed by atoms with van der Waals surface area (Å²) in [5.74, 6) is 2.56. The molecule has 0 bridgehead atoms. The average molecular weight is 854 g/mol. The van der Waals surface area contributed by atoms with E-state index in [0.717, 1.165) is 95.3 Å². The van der Waals surface area contributed by atoms with Gasteiger partial charge in [0.1, 0.15) is 5.82 Å². The van der Waals surface area contributed by atoms with Gasteiger partial charge in [-0.05, 0) is 194 Å². The number of likely N-dealkylation sites (tertiary alicyclic amines) is 2. The number of nitrogens with zero attached hydrogens (tertiary/aromatic N) is 9. The SMILES string of the molecule is CCCCN(c1nc(C)nc(N(CCCCCCN(C)C2CC(C)(C)N(CCC)C(C)(C)C2)C2CC(C)(C)N(CCC)C(C)(C)C2)n1)C1CC(C)(C)N(OCCC)C(C)(C)C1. The van der Waals surface area contributed by atoms with E-state index in [9.17, 15) is 0 Å². The van der Waals surface area contributed by atoms with Crippen LogP contribution in [0.25, 0.3) is 0 Å². The normalized spacial score (nSPS) is 23.5. The van der Waals surface area contributed by atoms with Crippen LogP contribution in [-0.4, -0.2) is 132 Å². The quantitative estimate of drug-likeness (QED) is 0.105. The Morgan fingerprint density at radius 2 is 0.885 bits per heavy atom. The van der Waals surface area contributed by atoms with Crippen molar-refractivity contribution >= 4 is 11.9 Å². The van der Waals surface area contributed by atoms with E-state index in [1.165, 1.54) is 58.0 Å². The molecule has 0 spiro atoms. The fraction of sp³-hybridized carbons (Fsp3) is 0.941. The second kappa shape index (κ2) is 21.1. The first-order chi connectivity index (χ1) is 28.4. The zero-order valence-electron chi connectivity index (χ0n) is 43.5. The molecule has 3 fully saturated rings. The predicted molar refractivity (Wildman–Crippen MR) is 261 cm³/mol. The number of aryl methyl sites for hydroxylation is 1. The summed E-state index contributed by atoms with van der Waals surface area (Å²) in [6.07, 6.45) is 17.2. The molecule has 0 N–H and O–H groups in total. The molecule has 0 amide bonds. The molecule has 3 aliphatic rings. The van der Waals surface area contributed by atoms with Gasteiger partial charge in [0, 0.05) is 64.4 Å². The molecule has 4 rings (SSSR count). The van der Waals surface area contributed by atoms with Crippen molar-refractivity contribution in [1.29, 1.82) is 0 Å². The highest BCUT2D eigenvalue weighted by Gasteiger charge is 2.50. The van der Waals surface area contributed by atoms with Crippen LogP contribution in [0.3, 0.4) is 0 Å². The summed E-state index contributed by atoms with van der Waals surface area (Å²) >= 11 is 0. The number of anilines is 2. The Balaban J connectivity index is 1.57. The number of hydrogen-bond acceptors (Lipinski definition) is 10. The Bertz CT molecular complexity index is 1440. The number of hydrogen-bond donors (Lipinski definition) is 0. The number of hydroxylamine groups is 2. The van der Waals surface area contributed by atoms with E-state index in [4.69, 9.17) is 19.8 Å². The highest BCUT2D eigenvalue weighted by molar-refractivity contribution is 5.42. The van der Waals surface area contributed by atoms with E-state index in [1.54, 1.807) is 0 Å². The van der Waals surface area contributed by atoms with Crippen molar-refractivity contribution in [3.63, 3.8) is 0 Å². The monoisotopic (exact) mass is 854 g/mol. The second-order valence-electron chi connectivity index (χ2n) is 23.6. The van der Waals surface area contributed by atoms with Crippen LogP contribution < -0.4 is 9.80 Å². The van der Waals surface area contributed by atoms with Crippen LogP contribution in [0.4, 0.5) is 11.9 Å². The first-order valence-electron chi connectivity index (χ1n) is 25.3. The van der Waals surface area contributed by atoms with Crippen LogP contribution in [0.5, 0.6) is 0 Å². The molecule has 3 saturated heterocycles. The molecule has 0 saturated carbocycles. The molecule has 0 atom stereocenters. The summed E-state index contributed by atoms with van der Waals surface area (Å²) in [6, 6.07) is 1.29. The predicted octanol–water partition coefficient (Wildman–Crippen LogP) is 11.3. The maximum absolute atomic E-state index is 6.46. The maximum Gasteiger partial charge on any atom is 0.230 e.